The van der Waals surface area contributed by atoms with Crippen LogP contribution in [0.25, 0.3) is 11.4 Å². The van der Waals surface area contributed by atoms with Crippen LogP contribution in [0.5, 0.6) is 0 Å². The van der Waals surface area contributed by atoms with Gasteiger partial charge in [-0.3, -0.25) is 9.97 Å². The van der Waals surface area contributed by atoms with E-state index >= 15 is 0 Å². The van der Waals surface area contributed by atoms with Gasteiger partial charge in [0.25, 0.3) is 0 Å². The van der Waals surface area contributed by atoms with Crippen LogP contribution in [0.1, 0.15) is 89.2 Å². The van der Waals surface area contributed by atoms with Crippen LogP contribution in [0.3, 0.4) is 0 Å². The second kappa shape index (κ2) is 12.6. The van der Waals surface area contributed by atoms with Gasteiger partial charge in [-0.25, -0.2) is 0 Å². The summed E-state index contributed by atoms with van der Waals surface area (Å²) in [6.07, 6.45) is 19.6. The molecular formula is C24H36N2. The lowest BCUT2D eigenvalue weighted by atomic mass is 10.1. The van der Waals surface area contributed by atoms with E-state index in [1.54, 1.807) is 0 Å². The summed E-state index contributed by atoms with van der Waals surface area (Å²) in [6.45, 7) is 4.52. The molecule has 0 aliphatic heterocycles. The van der Waals surface area contributed by atoms with Gasteiger partial charge in [-0.05, 0) is 48.9 Å². The molecule has 0 saturated heterocycles. The van der Waals surface area contributed by atoms with Crippen LogP contribution in [-0.2, 0) is 12.8 Å². The molecule has 0 radical (unpaired) electrons. The molecule has 0 atom stereocenters. The van der Waals surface area contributed by atoms with Crippen molar-refractivity contribution < 1.29 is 0 Å². The molecule has 0 bridgehead atoms. The van der Waals surface area contributed by atoms with E-state index < -0.39 is 0 Å². The van der Waals surface area contributed by atoms with Crippen molar-refractivity contribution in [1.82, 2.24) is 9.97 Å². The van der Waals surface area contributed by atoms with Crippen molar-refractivity contribution in [1.29, 1.82) is 0 Å². The summed E-state index contributed by atoms with van der Waals surface area (Å²) in [5, 5.41) is 0. The monoisotopic (exact) mass is 352 g/mol. The molecule has 0 aliphatic rings. The second-order valence-electron chi connectivity index (χ2n) is 7.43. The first-order chi connectivity index (χ1) is 12.8. The molecule has 2 heteroatoms. The maximum Gasteiger partial charge on any atom is 0.0886 e. The minimum absolute atomic E-state index is 0.981. The van der Waals surface area contributed by atoms with Crippen LogP contribution >= 0.6 is 0 Å². The highest BCUT2D eigenvalue weighted by atomic mass is 14.8. The topological polar surface area (TPSA) is 25.8 Å². The molecule has 0 aliphatic carbocycles. The lowest BCUT2D eigenvalue weighted by molar-refractivity contribution is 0.631. The molecule has 0 N–H and O–H groups in total. The van der Waals surface area contributed by atoms with Gasteiger partial charge < -0.3 is 0 Å². The average Bonchev–Trinajstić information content (AvgIpc) is 2.69. The number of unbranched alkanes of at least 4 members (excludes halogenated alkanes) is 8. The third-order valence-corrected chi connectivity index (χ3v) is 5.05. The predicted molar refractivity (Wildman–Crippen MR) is 112 cm³/mol. The quantitative estimate of drug-likeness (QED) is 0.357. The predicted octanol–water partition coefficient (Wildman–Crippen LogP) is 7.17. The molecule has 2 heterocycles. The first-order valence-electron chi connectivity index (χ1n) is 10.7. The van der Waals surface area contributed by atoms with Gasteiger partial charge in [0, 0.05) is 12.4 Å². The highest BCUT2D eigenvalue weighted by Gasteiger charge is 2.02. The van der Waals surface area contributed by atoms with Gasteiger partial charge in [-0.15, -0.1) is 0 Å². The fourth-order valence-electron chi connectivity index (χ4n) is 3.31. The number of pyridine rings is 2. The fourth-order valence-corrected chi connectivity index (χ4v) is 3.31. The molecule has 0 amide bonds. The Kier molecular flexibility index (Phi) is 10.0. The minimum Gasteiger partial charge on any atom is -0.254 e. The summed E-state index contributed by atoms with van der Waals surface area (Å²) in [5.74, 6) is 0. The summed E-state index contributed by atoms with van der Waals surface area (Å²) in [5.41, 5.74) is 4.64. The number of hydrogen-bond acceptors (Lipinski definition) is 2. The Balaban J connectivity index is 1.77. The van der Waals surface area contributed by atoms with Crippen molar-refractivity contribution in [2.24, 2.45) is 0 Å². The summed E-state index contributed by atoms with van der Waals surface area (Å²) < 4.78 is 0. The highest BCUT2D eigenvalue weighted by Crippen LogP contribution is 2.17. The van der Waals surface area contributed by atoms with Gasteiger partial charge in [0.15, 0.2) is 0 Å². The third kappa shape index (κ3) is 7.68. The van der Waals surface area contributed by atoms with Crippen LogP contribution in [0, 0.1) is 0 Å². The Bertz CT molecular complexity index is 531. The van der Waals surface area contributed by atoms with E-state index in [9.17, 15) is 0 Å². The molecular weight excluding hydrogens is 316 g/mol. The molecule has 0 spiro atoms. The van der Waals surface area contributed by atoms with E-state index in [1.165, 1.54) is 75.3 Å². The third-order valence-electron chi connectivity index (χ3n) is 5.05. The molecule has 0 saturated carbocycles. The van der Waals surface area contributed by atoms with Crippen LogP contribution in [0.15, 0.2) is 36.7 Å². The van der Waals surface area contributed by atoms with Crippen molar-refractivity contribution >= 4 is 0 Å². The van der Waals surface area contributed by atoms with Crippen molar-refractivity contribution in [2.45, 2.75) is 90.9 Å². The molecule has 2 rings (SSSR count). The molecule has 0 aromatic carbocycles. The Labute approximate surface area is 160 Å². The maximum atomic E-state index is 4.63. The first-order valence-corrected chi connectivity index (χ1v) is 10.7. The zero-order valence-electron chi connectivity index (χ0n) is 16.8. The minimum atomic E-state index is 0.981. The van der Waals surface area contributed by atoms with Crippen LogP contribution < -0.4 is 0 Å². The summed E-state index contributed by atoms with van der Waals surface area (Å²) in [4.78, 5) is 9.25. The van der Waals surface area contributed by atoms with Crippen molar-refractivity contribution in [2.75, 3.05) is 0 Å². The highest BCUT2D eigenvalue weighted by molar-refractivity contribution is 5.54. The van der Waals surface area contributed by atoms with Gasteiger partial charge in [-0.1, -0.05) is 77.3 Å². The lowest BCUT2D eigenvalue weighted by Crippen LogP contribution is -1.93. The second-order valence-corrected chi connectivity index (χ2v) is 7.43. The van der Waals surface area contributed by atoms with Gasteiger partial charge in [0.05, 0.1) is 11.4 Å². The van der Waals surface area contributed by atoms with E-state index in [0.717, 1.165) is 24.2 Å². The van der Waals surface area contributed by atoms with Gasteiger partial charge in [-0.2, -0.15) is 0 Å². The van der Waals surface area contributed by atoms with E-state index in [4.69, 9.17) is 0 Å². The van der Waals surface area contributed by atoms with E-state index in [0.29, 0.717) is 0 Å². The Hall–Kier alpha value is -1.70. The van der Waals surface area contributed by atoms with Gasteiger partial charge in [0.2, 0.25) is 0 Å². The molecule has 26 heavy (non-hydrogen) atoms. The fraction of sp³-hybridized carbons (Fsp3) is 0.583. The average molecular weight is 353 g/mol. The molecule has 0 unspecified atom stereocenters. The van der Waals surface area contributed by atoms with E-state index in [1.807, 2.05) is 12.4 Å². The van der Waals surface area contributed by atoms with Crippen molar-refractivity contribution in [3.05, 3.63) is 47.8 Å². The lowest BCUT2D eigenvalue weighted by Gasteiger charge is -2.05. The van der Waals surface area contributed by atoms with E-state index in [-0.39, 0.29) is 0 Å². The maximum absolute atomic E-state index is 4.63. The summed E-state index contributed by atoms with van der Waals surface area (Å²) in [6, 6.07) is 8.67. The van der Waals surface area contributed by atoms with Gasteiger partial charge >= 0.3 is 0 Å². The van der Waals surface area contributed by atoms with Crippen LogP contribution in [0.4, 0.5) is 0 Å². The van der Waals surface area contributed by atoms with Crippen molar-refractivity contribution in [3.63, 3.8) is 0 Å². The normalized spacial score (nSPS) is 11.0. The smallest absolute Gasteiger partial charge is 0.0886 e. The van der Waals surface area contributed by atoms with Crippen molar-refractivity contribution in [3.8, 4) is 11.4 Å². The van der Waals surface area contributed by atoms with Crippen LogP contribution in [-0.4, -0.2) is 9.97 Å². The molecule has 2 aromatic heterocycles. The first kappa shape index (κ1) is 20.6. The Morgan fingerprint density at radius 1 is 0.538 bits per heavy atom. The number of rotatable bonds is 13. The number of nitrogens with zero attached hydrogens (tertiary/aromatic N) is 2. The largest absolute Gasteiger partial charge is 0.254 e. The molecule has 142 valence electrons. The zero-order valence-corrected chi connectivity index (χ0v) is 16.8. The molecule has 2 nitrogen and oxygen atoms in total. The van der Waals surface area contributed by atoms with E-state index in [2.05, 4.69) is 48.1 Å². The summed E-state index contributed by atoms with van der Waals surface area (Å²) >= 11 is 0. The van der Waals surface area contributed by atoms with Crippen LogP contribution in [0.2, 0.25) is 0 Å². The number of aromatic nitrogens is 2. The molecule has 0 fully saturated rings. The summed E-state index contributed by atoms with van der Waals surface area (Å²) in [7, 11) is 0. The Morgan fingerprint density at radius 2 is 0.962 bits per heavy atom. The van der Waals surface area contributed by atoms with Gasteiger partial charge in [0.1, 0.15) is 0 Å². The zero-order chi connectivity index (χ0) is 18.5. The SMILES string of the molecule is CCCCCCCc1ccc(-c2ccc(CCCCCCC)cn2)nc1. The molecule has 2 aromatic rings. The number of aryl methyl sites for hydroxylation is 2. The number of hydrogen-bond donors (Lipinski definition) is 0. The Morgan fingerprint density at radius 3 is 1.31 bits per heavy atom. The standard InChI is InChI=1S/C24H36N2/c1-3-5-7-9-11-13-21-15-17-23(25-19-21)24-18-16-22(20-26-24)14-12-10-8-6-4-2/h15-20H,3-14H2,1-2H3.